The number of hydrogen-bond acceptors (Lipinski definition) is 3. The zero-order chi connectivity index (χ0) is 13.8. The number of rotatable bonds is 4. The van der Waals surface area contributed by atoms with Gasteiger partial charge in [0.1, 0.15) is 11.6 Å². The maximum Gasteiger partial charge on any atom is 0.141 e. The van der Waals surface area contributed by atoms with Crippen LogP contribution in [-0.2, 0) is 6.54 Å². The van der Waals surface area contributed by atoms with Gasteiger partial charge in [-0.2, -0.15) is 0 Å². The number of methoxy groups -OCH3 is 1. The Labute approximate surface area is 116 Å². The molecule has 3 nitrogen and oxygen atoms in total. The minimum absolute atomic E-state index is 0.113. The van der Waals surface area contributed by atoms with Gasteiger partial charge in [0.15, 0.2) is 0 Å². The summed E-state index contributed by atoms with van der Waals surface area (Å²) in [6, 6.07) is 9.99. The molecule has 0 spiro atoms. The predicted molar refractivity (Wildman–Crippen MR) is 76.1 cm³/mol. The number of nitrogen functional groups attached to an aromatic ring is 1. The lowest BCUT2D eigenvalue weighted by molar-refractivity contribution is 0.415. The van der Waals surface area contributed by atoms with Gasteiger partial charge >= 0.3 is 0 Å². The molecule has 2 aromatic carbocycles. The van der Waals surface area contributed by atoms with E-state index in [1.54, 1.807) is 25.3 Å². The minimum Gasteiger partial charge on any atom is -0.497 e. The average Bonchev–Trinajstić information content (AvgIpc) is 2.41. The molecule has 19 heavy (non-hydrogen) atoms. The van der Waals surface area contributed by atoms with Crippen LogP contribution in [0.25, 0.3) is 0 Å². The lowest BCUT2D eigenvalue weighted by atomic mass is 10.2. The van der Waals surface area contributed by atoms with Crippen molar-refractivity contribution in [2.24, 2.45) is 0 Å². The van der Waals surface area contributed by atoms with Crippen LogP contribution < -0.4 is 15.8 Å². The highest BCUT2D eigenvalue weighted by molar-refractivity contribution is 6.30. The van der Waals surface area contributed by atoms with Crippen LogP contribution in [-0.4, -0.2) is 7.11 Å². The third-order valence-corrected chi connectivity index (χ3v) is 3.02. The normalized spacial score (nSPS) is 10.3. The van der Waals surface area contributed by atoms with Gasteiger partial charge in [0.2, 0.25) is 0 Å². The maximum absolute atomic E-state index is 13.0. The molecule has 0 saturated carbocycles. The summed E-state index contributed by atoms with van der Waals surface area (Å²) in [7, 11) is 1.59. The molecule has 0 saturated heterocycles. The highest BCUT2D eigenvalue weighted by Crippen LogP contribution is 2.25. The average molecular weight is 281 g/mol. The fraction of sp³-hybridized carbons (Fsp3) is 0.143. The van der Waals surface area contributed by atoms with Crippen LogP contribution in [0.2, 0.25) is 5.02 Å². The third kappa shape index (κ3) is 3.29. The van der Waals surface area contributed by atoms with E-state index in [2.05, 4.69) is 5.32 Å². The zero-order valence-electron chi connectivity index (χ0n) is 10.4. The van der Waals surface area contributed by atoms with Gasteiger partial charge in [0.25, 0.3) is 0 Å². The molecule has 5 heteroatoms. The summed E-state index contributed by atoms with van der Waals surface area (Å²) < 4.78 is 18.1. The Morgan fingerprint density at radius 2 is 2.05 bits per heavy atom. The van der Waals surface area contributed by atoms with Gasteiger partial charge in [0, 0.05) is 12.6 Å². The van der Waals surface area contributed by atoms with Gasteiger partial charge in [-0.05, 0) is 29.8 Å². The number of ether oxygens (including phenoxy) is 1. The molecule has 0 radical (unpaired) electrons. The first kappa shape index (κ1) is 13.5. The summed E-state index contributed by atoms with van der Waals surface area (Å²) in [5, 5.41) is 3.28. The Hall–Kier alpha value is -1.94. The van der Waals surface area contributed by atoms with Crippen LogP contribution in [0, 0.1) is 5.82 Å². The van der Waals surface area contributed by atoms with Crippen molar-refractivity contribution in [1.29, 1.82) is 0 Å². The molecule has 0 aliphatic carbocycles. The standard InChI is InChI=1S/C14H14ClFN2O/c1-19-10-3-5-14(13(17)7-10)18-8-9-2-4-12(16)11(15)6-9/h2-7,18H,8,17H2,1H3. The number of nitrogens with two attached hydrogens (primary N) is 1. The second kappa shape index (κ2) is 5.80. The van der Waals surface area contributed by atoms with Gasteiger partial charge in [-0.15, -0.1) is 0 Å². The Bertz CT molecular complexity index is 590. The molecule has 0 unspecified atom stereocenters. The van der Waals surface area contributed by atoms with Crippen LogP contribution >= 0.6 is 11.6 Å². The maximum atomic E-state index is 13.0. The number of nitrogens with one attached hydrogen (secondary N) is 1. The molecule has 0 aliphatic rings. The predicted octanol–water partition coefficient (Wildman–Crippen LogP) is 3.68. The quantitative estimate of drug-likeness (QED) is 0.840. The van der Waals surface area contributed by atoms with Crippen LogP contribution in [0.1, 0.15) is 5.56 Å². The summed E-state index contributed by atoms with van der Waals surface area (Å²) in [6.45, 7) is 0.510. The molecule has 2 rings (SSSR count). The lowest BCUT2D eigenvalue weighted by Gasteiger charge is -2.11. The number of anilines is 2. The molecule has 0 bridgehead atoms. The molecular weight excluding hydrogens is 267 g/mol. The van der Waals surface area contributed by atoms with E-state index < -0.39 is 5.82 Å². The van der Waals surface area contributed by atoms with Crippen molar-refractivity contribution in [3.63, 3.8) is 0 Å². The third-order valence-electron chi connectivity index (χ3n) is 2.73. The topological polar surface area (TPSA) is 47.3 Å². The second-order valence-corrected chi connectivity index (χ2v) is 4.46. The van der Waals surface area contributed by atoms with Crippen molar-refractivity contribution in [2.45, 2.75) is 6.54 Å². The van der Waals surface area contributed by atoms with Crippen LogP contribution in [0.3, 0.4) is 0 Å². The van der Waals surface area contributed by atoms with E-state index in [-0.39, 0.29) is 5.02 Å². The van der Waals surface area contributed by atoms with Crippen LogP contribution in [0.4, 0.5) is 15.8 Å². The Kier molecular flexibility index (Phi) is 4.12. The minimum atomic E-state index is -0.422. The van der Waals surface area contributed by atoms with E-state index in [9.17, 15) is 4.39 Å². The Morgan fingerprint density at radius 1 is 1.26 bits per heavy atom. The molecule has 0 fully saturated rings. The summed E-state index contributed by atoms with van der Waals surface area (Å²) in [5.74, 6) is 0.280. The molecule has 0 heterocycles. The molecule has 0 aliphatic heterocycles. The van der Waals surface area contributed by atoms with E-state index in [4.69, 9.17) is 22.1 Å². The van der Waals surface area contributed by atoms with Crippen molar-refractivity contribution < 1.29 is 9.13 Å². The molecule has 0 aromatic heterocycles. The first-order valence-corrected chi connectivity index (χ1v) is 6.09. The largest absolute Gasteiger partial charge is 0.497 e. The molecular formula is C14H14ClFN2O. The first-order chi connectivity index (χ1) is 9.10. The number of benzene rings is 2. The van der Waals surface area contributed by atoms with Crippen LogP contribution in [0.5, 0.6) is 5.75 Å². The van der Waals surface area contributed by atoms with Crippen molar-refractivity contribution >= 4 is 23.0 Å². The van der Waals surface area contributed by atoms with E-state index >= 15 is 0 Å². The van der Waals surface area contributed by atoms with E-state index in [1.165, 1.54) is 6.07 Å². The van der Waals surface area contributed by atoms with Gasteiger partial charge in [-0.1, -0.05) is 17.7 Å². The lowest BCUT2D eigenvalue weighted by Crippen LogP contribution is -2.03. The fourth-order valence-electron chi connectivity index (χ4n) is 1.68. The van der Waals surface area contributed by atoms with Gasteiger partial charge in [-0.25, -0.2) is 4.39 Å². The Balaban J connectivity index is 2.07. The monoisotopic (exact) mass is 280 g/mol. The van der Waals surface area contributed by atoms with Gasteiger partial charge in [0.05, 0.1) is 23.5 Å². The van der Waals surface area contributed by atoms with E-state index in [1.807, 2.05) is 12.1 Å². The van der Waals surface area contributed by atoms with E-state index in [0.29, 0.717) is 18.0 Å². The zero-order valence-corrected chi connectivity index (χ0v) is 11.2. The highest BCUT2D eigenvalue weighted by Gasteiger charge is 2.03. The number of halogens is 2. The second-order valence-electron chi connectivity index (χ2n) is 4.06. The number of hydrogen-bond donors (Lipinski definition) is 2. The first-order valence-electron chi connectivity index (χ1n) is 5.71. The molecule has 100 valence electrons. The van der Waals surface area contributed by atoms with E-state index in [0.717, 1.165) is 11.3 Å². The summed E-state index contributed by atoms with van der Waals surface area (Å²) in [6.07, 6.45) is 0. The van der Waals surface area contributed by atoms with Gasteiger partial charge in [-0.3, -0.25) is 0 Å². The summed E-state index contributed by atoms with van der Waals surface area (Å²) in [4.78, 5) is 0. The van der Waals surface area contributed by atoms with Crippen molar-refractivity contribution in [3.8, 4) is 5.75 Å². The molecule has 3 N–H and O–H groups in total. The van der Waals surface area contributed by atoms with Gasteiger partial charge < -0.3 is 15.8 Å². The smallest absolute Gasteiger partial charge is 0.141 e. The van der Waals surface area contributed by atoms with Crippen LogP contribution in [0.15, 0.2) is 36.4 Å². The summed E-state index contributed by atoms with van der Waals surface area (Å²) in [5.41, 5.74) is 8.15. The van der Waals surface area contributed by atoms with Crippen molar-refractivity contribution in [1.82, 2.24) is 0 Å². The molecule has 0 atom stereocenters. The highest BCUT2D eigenvalue weighted by atomic mass is 35.5. The van der Waals surface area contributed by atoms with Crippen molar-refractivity contribution in [2.75, 3.05) is 18.2 Å². The molecule has 0 amide bonds. The summed E-state index contributed by atoms with van der Waals surface area (Å²) >= 11 is 5.72. The fourth-order valence-corrected chi connectivity index (χ4v) is 1.88. The van der Waals surface area contributed by atoms with Crippen molar-refractivity contribution in [3.05, 3.63) is 52.8 Å². The molecule has 2 aromatic rings. The Morgan fingerprint density at radius 3 is 2.68 bits per heavy atom. The SMILES string of the molecule is COc1ccc(NCc2ccc(F)c(Cl)c2)c(N)c1.